The van der Waals surface area contributed by atoms with E-state index in [1.165, 1.54) is 23.3 Å². The highest BCUT2D eigenvalue weighted by molar-refractivity contribution is 9.10. The first-order valence-electron chi connectivity index (χ1n) is 12.4. The zero-order valence-corrected chi connectivity index (χ0v) is 23.0. The van der Waals surface area contributed by atoms with Gasteiger partial charge in [-0.25, -0.2) is 4.99 Å². The summed E-state index contributed by atoms with van der Waals surface area (Å²) in [5, 5.41) is 3.93. The van der Waals surface area contributed by atoms with Gasteiger partial charge in [0.05, 0.1) is 11.8 Å². The van der Waals surface area contributed by atoms with Crippen LogP contribution in [-0.4, -0.2) is 12.1 Å². The molecule has 5 rings (SSSR count). The number of aliphatic imine (C=N–C) groups is 1. The molecular weight excluding hydrogens is 532 g/mol. The van der Waals surface area contributed by atoms with E-state index in [2.05, 4.69) is 27.3 Å². The van der Waals surface area contributed by atoms with Crippen LogP contribution in [0.5, 0.6) is 0 Å². The Labute approximate surface area is 224 Å². The molecule has 0 bridgehead atoms. The molecule has 0 radical (unpaired) electrons. The number of aryl methyl sites for hydroxylation is 3. The van der Waals surface area contributed by atoms with Crippen LogP contribution >= 0.6 is 27.3 Å². The van der Waals surface area contributed by atoms with Crippen LogP contribution < -0.4 is 5.32 Å². The van der Waals surface area contributed by atoms with Crippen molar-refractivity contribution in [2.24, 2.45) is 4.99 Å². The molecule has 0 fully saturated rings. The quantitative estimate of drug-likeness (QED) is 0.247. The molecular formula is C30H29BrN2O2S. The Balaban J connectivity index is 1.47. The number of nitrogens with zero attached hydrogens (tertiary/aromatic N) is 1. The van der Waals surface area contributed by atoms with E-state index in [1.807, 2.05) is 62.4 Å². The molecule has 0 unspecified atom stereocenters. The lowest BCUT2D eigenvalue weighted by Crippen LogP contribution is -2.15. The third kappa shape index (κ3) is 5.55. The normalized spacial score (nSPS) is 13.9. The number of hydrogen-bond acceptors (Lipinski definition) is 4. The Morgan fingerprint density at radius 1 is 1.00 bits per heavy atom. The molecule has 6 heteroatoms. The van der Waals surface area contributed by atoms with E-state index < -0.39 is 0 Å². The lowest BCUT2D eigenvalue weighted by atomic mass is 9.96. The van der Waals surface area contributed by atoms with E-state index in [-0.39, 0.29) is 5.91 Å². The second kappa shape index (κ2) is 11.0. The predicted molar refractivity (Wildman–Crippen MR) is 153 cm³/mol. The first kappa shape index (κ1) is 24.7. The zero-order chi connectivity index (χ0) is 25.1. The van der Waals surface area contributed by atoms with Gasteiger partial charge in [-0.2, -0.15) is 0 Å². The summed E-state index contributed by atoms with van der Waals surface area (Å²) in [7, 11) is 0. The fraction of sp³-hybridized carbons (Fsp3) is 0.267. The van der Waals surface area contributed by atoms with Crippen LogP contribution in [0.25, 0.3) is 11.3 Å². The third-order valence-electron chi connectivity index (χ3n) is 6.59. The molecule has 4 aromatic rings. The van der Waals surface area contributed by atoms with Crippen molar-refractivity contribution in [1.82, 2.24) is 0 Å². The summed E-state index contributed by atoms with van der Waals surface area (Å²) in [5.41, 5.74) is 5.91. The molecule has 1 aliphatic rings. The van der Waals surface area contributed by atoms with Crippen molar-refractivity contribution < 1.29 is 9.21 Å². The fourth-order valence-electron chi connectivity index (χ4n) is 4.60. The summed E-state index contributed by atoms with van der Waals surface area (Å²) in [6, 6.07) is 18.0. The second-order valence-corrected chi connectivity index (χ2v) is 11.3. The number of nitrogens with one attached hydrogen (secondary N) is 1. The van der Waals surface area contributed by atoms with E-state index in [9.17, 15) is 4.79 Å². The van der Waals surface area contributed by atoms with Gasteiger partial charge in [0.15, 0.2) is 0 Å². The number of carbonyl (C=O) groups excluding carboxylic acids is 1. The maximum atomic E-state index is 13.7. The van der Waals surface area contributed by atoms with Gasteiger partial charge in [0.25, 0.3) is 5.91 Å². The number of rotatable bonds is 5. The standard InChI is InChI=1S/C30H29BrN2O2S/c1-19-9-10-20(2)25(17-19)33-29(34)28-24-7-5-3-4-6-8-27(24)36-30(28)32-18-23-15-16-26(35-23)21-11-13-22(31)14-12-21/h9-18H,3-8H2,1-2H3,(H,33,34). The Kier molecular flexibility index (Phi) is 7.54. The monoisotopic (exact) mass is 560 g/mol. The van der Waals surface area contributed by atoms with Crippen LogP contribution in [-0.2, 0) is 12.8 Å². The zero-order valence-electron chi connectivity index (χ0n) is 20.6. The van der Waals surface area contributed by atoms with Crippen molar-refractivity contribution in [3.05, 3.63) is 92.0 Å². The van der Waals surface area contributed by atoms with Crippen molar-refractivity contribution in [2.45, 2.75) is 52.4 Å². The van der Waals surface area contributed by atoms with Crippen molar-refractivity contribution in [3.63, 3.8) is 0 Å². The summed E-state index contributed by atoms with van der Waals surface area (Å²) in [6.45, 7) is 4.06. The van der Waals surface area contributed by atoms with Gasteiger partial charge in [0.2, 0.25) is 0 Å². The Morgan fingerprint density at radius 3 is 2.58 bits per heavy atom. The summed E-state index contributed by atoms with van der Waals surface area (Å²) in [4.78, 5) is 19.7. The molecule has 36 heavy (non-hydrogen) atoms. The Bertz CT molecular complexity index is 1420. The van der Waals surface area contributed by atoms with Crippen LogP contribution in [0.4, 0.5) is 10.7 Å². The number of carbonyl (C=O) groups is 1. The third-order valence-corrected chi connectivity index (χ3v) is 8.31. The van der Waals surface area contributed by atoms with Crippen LogP contribution in [0.2, 0.25) is 0 Å². The predicted octanol–water partition coefficient (Wildman–Crippen LogP) is 9.05. The van der Waals surface area contributed by atoms with Crippen molar-refractivity contribution >= 4 is 50.1 Å². The molecule has 2 aromatic heterocycles. The molecule has 2 heterocycles. The van der Waals surface area contributed by atoms with Crippen LogP contribution in [0, 0.1) is 13.8 Å². The summed E-state index contributed by atoms with van der Waals surface area (Å²) in [5.74, 6) is 1.37. The molecule has 2 aromatic carbocycles. The molecule has 0 saturated heterocycles. The molecule has 0 aliphatic heterocycles. The van der Waals surface area contributed by atoms with Gasteiger partial charge in [0, 0.05) is 20.6 Å². The van der Waals surface area contributed by atoms with Gasteiger partial charge >= 0.3 is 0 Å². The van der Waals surface area contributed by atoms with Gasteiger partial charge < -0.3 is 9.73 Å². The van der Waals surface area contributed by atoms with E-state index in [0.717, 1.165) is 63.3 Å². The number of amides is 1. The highest BCUT2D eigenvalue weighted by Gasteiger charge is 2.24. The minimum atomic E-state index is -0.0797. The van der Waals surface area contributed by atoms with Gasteiger partial charge in [-0.3, -0.25) is 4.79 Å². The molecule has 1 aliphatic carbocycles. The van der Waals surface area contributed by atoms with Gasteiger partial charge in [0.1, 0.15) is 16.5 Å². The summed E-state index contributed by atoms with van der Waals surface area (Å²) >= 11 is 5.12. The number of furan rings is 1. The second-order valence-electron chi connectivity index (χ2n) is 9.34. The average molecular weight is 562 g/mol. The minimum absolute atomic E-state index is 0.0797. The van der Waals surface area contributed by atoms with Crippen molar-refractivity contribution in [3.8, 4) is 11.3 Å². The van der Waals surface area contributed by atoms with E-state index >= 15 is 0 Å². The van der Waals surface area contributed by atoms with Crippen LogP contribution in [0.15, 0.2) is 68.5 Å². The maximum absolute atomic E-state index is 13.7. The number of thiophene rings is 1. The number of halogens is 1. The van der Waals surface area contributed by atoms with Gasteiger partial charge in [-0.1, -0.05) is 53.0 Å². The molecule has 0 atom stereocenters. The highest BCUT2D eigenvalue weighted by atomic mass is 79.9. The highest BCUT2D eigenvalue weighted by Crippen LogP contribution is 2.39. The number of hydrogen-bond donors (Lipinski definition) is 1. The fourth-order valence-corrected chi connectivity index (χ4v) is 6.09. The number of benzene rings is 2. The minimum Gasteiger partial charge on any atom is -0.455 e. The van der Waals surface area contributed by atoms with Crippen molar-refractivity contribution in [1.29, 1.82) is 0 Å². The first-order valence-corrected chi connectivity index (χ1v) is 14.0. The van der Waals surface area contributed by atoms with Crippen LogP contribution in [0.1, 0.15) is 63.4 Å². The number of fused-ring (bicyclic) bond motifs is 1. The molecule has 4 nitrogen and oxygen atoms in total. The van der Waals surface area contributed by atoms with E-state index in [0.29, 0.717) is 11.3 Å². The summed E-state index contributed by atoms with van der Waals surface area (Å²) in [6.07, 6.45) is 8.37. The summed E-state index contributed by atoms with van der Waals surface area (Å²) < 4.78 is 7.07. The van der Waals surface area contributed by atoms with E-state index in [1.54, 1.807) is 17.6 Å². The molecule has 0 spiro atoms. The van der Waals surface area contributed by atoms with Gasteiger partial charge in [-0.15, -0.1) is 11.3 Å². The smallest absolute Gasteiger partial charge is 0.259 e. The van der Waals surface area contributed by atoms with Crippen LogP contribution in [0.3, 0.4) is 0 Å². The Hall–Kier alpha value is -2.96. The largest absolute Gasteiger partial charge is 0.455 e. The molecule has 0 saturated carbocycles. The van der Waals surface area contributed by atoms with Crippen molar-refractivity contribution in [2.75, 3.05) is 5.32 Å². The number of anilines is 1. The Morgan fingerprint density at radius 2 is 1.78 bits per heavy atom. The van der Waals surface area contributed by atoms with Gasteiger partial charge in [-0.05, 0) is 86.6 Å². The van der Waals surface area contributed by atoms with E-state index in [4.69, 9.17) is 9.41 Å². The lowest BCUT2D eigenvalue weighted by molar-refractivity contribution is 0.102. The first-order chi connectivity index (χ1) is 17.5. The lowest BCUT2D eigenvalue weighted by Gasteiger charge is -2.13. The maximum Gasteiger partial charge on any atom is 0.259 e. The molecule has 1 N–H and O–H groups in total. The molecule has 1 amide bonds. The molecule has 184 valence electrons. The SMILES string of the molecule is Cc1ccc(C)c(NC(=O)c2c(N=Cc3ccc(-c4ccc(Br)cc4)o3)sc3c2CCCCCC3)c1. The topological polar surface area (TPSA) is 54.6 Å². The average Bonchev–Trinajstić information content (AvgIpc) is 3.45.